The summed E-state index contributed by atoms with van der Waals surface area (Å²) >= 11 is 0. The molecule has 1 aliphatic rings. The molecule has 1 fully saturated rings. The van der Waals surface area contributed by atoms with Gasteiger partial charge in [-0.25, -0.2) is 0 Å². The smallest absolute Gasteiger partial charge is 0.0494 e. The quantitative estimate of drug-likeness (QED) is 0.648. The highest BCUT2D eigenvalue weighted by atomic mass is 16.5. The van der Waals surface area contributed by atoms with Gasteiger partial charge in [0.15, 0.2) is 0 Å². The summed E-state index contributed by atoms with van der Waals surface area (Å²) in [4.78, 5) is 0. The van der Waals surface area contributed by atoms with Gasteiger partial charge >= 0.3 is 0 Å². The fourth-order valence-corrected chi connectivity index (χ4v) is 1.67. The molecule has 1 saturated heterocycles. The summed E-state index contributed by atoms with van der Waals surface area (Å²) in [5.74, 6) is 0.597. The van der Waals surface area contributed by atoms with E-state index in [1.807, 2.05) is 0 Å². The average Bonchev–Trinajstić information content (AvgIpc) is 2.16. The van der Waals surface area contributed by atoms with E-state index >= 15 is 0 Å². The van der Waals surface area contributed by atoms with Crippen molar-refractivity contribution in [3.63, 3.8) is 0 Å². The normalized spacial score (nSPS) is 24.8. The van der Waals surface area contributed by atoms with E-state index < -0.39 is 0 Å². The van der Waals surface area contributed by atoms with Gasteiger partial charge in [-0.2, -0.15) is 0 Å². The zero-order chi connectivity index (χ0) is 8.81. The molecule has 12 heavy (non-hydrogen) atoms. The molecule has 0 amide bonds. The lowest BCUT2D eigenvalue weighted by molar-refractivity contribution is 0.0327. The summed E-state index contributed by atoms with van der Waals surface area (Å²) in [6, 6.07) is 0. The van der Waals surface area contributed by atoms with Crippen LogP contribution >= 0.6 is 0 Å². The molecular weight excluding hydrogens is 156 g/mol. The minimum absolute atomic E-state index is 0.0525. The summed E-state index contributed by atoms with van der Waals surface area (Å²) < 4.78 is 5.31. The topological polar surface area (TPSA) is 49.7 Å². The van der Waals surface area contributed by atoms with E-state index in [-0.39, 0.29) is 19.1 Å². The molecular formula is C9H18O3. The summed E-state index contributed by atoms with van der Waals surface area (Å²) in [6.07, 6.45) is 3.19. The van der Waals surface area contributed by atoms with Gasteiger partial charge in [0.05, 0.1) is 0 Å². The van der Waals surface area contributed by atoms with Crippen LogP contribution in [0.1, 0.15) is 19.3 Å². The Balaban J connectivity index is 2.18. The van der Waals surface area contributed by atoms with Crippen molar-refractivity contribution in [3.8, 4) is 0 Å². The van der Waals surface area contributed by atoms with Crippen molar-refractivity contribution in [2.75, 3.05) is 26.4 Å². The fourth-order valence-electron chi connectivity index (χ4n) is 1.67. The van der Waals surface area contributed by atoms with Gasteiger partial charge in [0.2, 0.25) is 0 Å². The second kappa shape index (κ2) is 5.51. The van der Waals surface area contributed by atoms with Gasteiger partial charge in [0, 0.05) is 32.3 Å². The van der Waals surface area contributed by atoms with E-state index in [0.29, 0.717) is 5.92 Å². The van der Waals surface area contributed by atoms with Crippen molar-refractivity contribution in [2.24, 2.45) is 11.8 Å². The molecule has 1 rings (SSSR count). The van der Waals surface area contributed by atoms with Crippen LogP contribution in [0.3, 0.4) is 0 Å². The van der Waals surface area contributed by atoms with Crippen LogP contribution in [0.5, 0.6) is 0 Å². The third kappa shape index (κ3) is 3.09. The van der Waals surface area contributed by atoms with E-state index in [2.05, 4.69) is 0 Å². The van der Waals surface area contributed by atoms with Gasteiger partial charge in [-0.15, -0.1) is 0 Å². The largest absolute Gasteiger partial charge is 0.396 e. The molecule has 0 saturated carbocycles. The summed E-state index contributed by atoms with van der Waals surface area (Å²) in [6.45, 7) is 1.86. The molecule has 2 N–H and O–H groups in total. The molecule has 1 aliphatic heterocycles. The lowest BCUT2D eigenvalue weighted by Crippen LogP contribution is -2.23. The third-order valence-corrected chi connectivity index (χ3v) is 2.44. The molecule has 0 aromatic heterocycles. The molecule has 0 radical (unpaired) electrons. The first-order valence-electron chi connectivity index (χ1n) is 4.66. The predicted octanol–water partition coefficient (Wildman–Crippen LogP) is 0.404. The summed E-state index contributed by atoms with van der Waals surface area (Å²) in [5, 5.41) is 17.7. The van der Waals surface area contributed by atoms with Crippen LogP contribution in [0, 0.1) is 11.8 Å². The highest BCUT2D eigenvalue weighted by molar-refractivity contribution is 4.67. The molecule has 0 aromatic rings. The Labute approximate surface area is 73.4 Å². The van der Waals surface area contributed by atoms with Gasteiger partial charge in [-0.1, -0.05) is 0 Å². The third-order valence-electron chi connectivity index (χ3n) is 2.44. The van der Waals surface area contributed by atoms with Crippen LogP contribution < -0.4 is 0 Å². The molecule has 1 atom stereocenters. The standard InChI is InChI=1S/C9H18O3/c10-5-9(6-11)4-8-2-1-3-12-7-8/h8-11H,1-7H2. The number of rotatable bonds is 4. The first-order chi connectivity index (χ1) is 5.86. The predicted molar refractivity (Wildman–Crippen MR) is 45.8 cm³/mol. The summed E-state index contributed by atoms with van der Waals surface area (Å²) in [5.41, 5.74) is 0. The molecule has 72 valence electrons. The molecule has 0 bridgehead atoms. The second-order valence-corrected chi connectivity index (χ2v) is 3.55. The van der Waals surface area contributed by atoms with Crippen molar-refractivity contribution in [1.29, 1.82) is 0 Å². The number of hydrogen-bond acceptors (Lipinski definition) is 3. The van der Waals surface area contributed by atoms with Gasteiger partial charge in [-0.05, 0) is 25.2 Å². The maximum Gasteiger partial charge on any atom is 0.0494 e. The Hall–Kier alpha value is -0.120. The van der Waals surface area contributed by atoms with Crippen LogP contribution in [0.15, 0.2) is 0 Å². The van der Waals surface area contributed by atoms with Crippen LogP contribution in [0.2, 0.25) is 0 Å². The van der Waals surface area contributed by atoms with E-state index in [9.17, 15) is 0 Å². The van der Waals surface area contributed by atoms with Crippen LogP contribution in [0.25, 0.3) is 0 Å². The van der Waals surface area contributed by atoms with E-state index in [1.165, 1.54) is 6.42 Å². The second-order valence-electron chi connectivity index (χ2n) is 3.55. The van der Waals surface area contributed by atoms with Crippen molar-refractivity contribution in [3.05, 3.63) is 0 Å². The number of hydrogen-bond donors (Lipinski definition) is 2. The minimum atomic E-state index is 0.0525. The van der Waals surface area contributed by atoms with E-state index in [1.54, 1.807) is 0 Å². The zero-order valence-electron chi connectivity index (χ0n) is 7.41. The maximum atomic E-state index is 8.86. The van der Waals surface area contributed by atoms with Crippen LogP contribution in [-0.2, 0) is 4.74 Å². The Morgan fingerprint density at radius 3 is 2.58 bits per heavy atom. The Bertz CT molecular complexity index is 106. The highest BCUT2D eigenvalue weighted by Gasteiger charge is 2.18. The van der Waals surface area contributed by atoms with Gasteiger partial charge in [-0.3, -0.25) is 0 Å². The molecule has 1 heterocycles. The van der Waals surface area contributed by atoms with Crippen LogP contribution in [0.4, 0.5) is 0 Å². The number of aliphatic hydroxyl groups is 2. The monoisotopic (exact) mass is 174 g/mol. The van der Waals surface area contributed by atoms with Gasteiger partial charge in [0.25, 0.3) is 0 Å². The fraction of sp³-hybridized carbons (Fsp3) is 1.00. The molecule has 0 aliphatic carbocycles. The lowest BCUT2D eigenvalue weighted by atomic mass is 9.91. The van der Waals surface area contributed by atoms with Crippen LogP contribution in [-0.4, -0.2) is 36.6 Å². The first-order valence-corrected chi connectivity index (χ1v) is 4.66. The minimum Gasteiger partial charge on any atom is -0.396 e. The Kier molecular flexibility index (Phi) is 4.58. The zero-order valence-corrected chi connectivity index (χ0v) is 7.41. The molecule has 1 unspecified atom stereocenters. The molecule has 0 aromatic carbocycles. The molecule has 3 nitrogen and oxygen atoms in total. The highest BCUT2D eigenvalue weighted by Crippen LogP contribution is 2.21. The van der Waals surface area contributed by atoms with Crippen molar-refractivity contribution in [2.45, 2.75) is 19.3 Å². The molecule has 0 spiro atoms. The average molecular weight is 174 g/mol. The lowest BCUT2D eigenvalue weighted by Gasteiger charge is -2.24. The Morgan fingerprint density at radius 1 is 1.33 bits per heavy atom. The first kappa shape index (κ1) is 9.96. The number of aliphatic hydroxyl groups excluding tert-OH is 2. The van der Waals surface area contributed by atoms with Crippen molar-refractivity contribution >= 4 is 0 Å². The van der Waals surface area contributed by atoms with Gasteiger partial charge in [0.1, 0.15) is 0 Å². The maximum absolute atomic E-state index is 8.86. The molecule has 3 heteroatoms. The SMILES string of the molecule is OCC(CO)CC1CCCOC1. The van der Waals surface area contributed by atoms with E-state index in [0.717, 1.165) is 26.1 Å². The van der Waals surface area contributed by atoms with Crippen molar-refractivity contribution < 1.29 is 14.9 Å². The Morgan fingerprint density at radius 2 is 2.08 bits per heavy atom. The number of ether oxygens (including phenoxy) is 1. The van der Waals surface area contributed by atoms with Crippen molar-refractivity contribution in [1.82, 2.24) is 0 Å². The van der Waals surface area contributed by atoms with E-state index in [4.69, 9.17) is 14.9 Å². The van der Waals surface area contributed by atoms with Gasteiger partial charge < -0.3 is 14.9 Å². The summed E-state index contributed by atoms with van der Waals surface area (Å²) in [7, 11) is 0.